The highest BCUT2D eigenvalue weighted by atomic mass is 79.9. The molecule has 1 atom stereocenters. The summed E-state index contributed by atoms with van der Waals surface area (Å²) in [4.78, 5) is 10.6. The number of nitrogens with zero attached hydrogens (tertiary/aromatic N) is 1. The van der Waals surface area contributed by atoms with Crippen molar-refractivity contribution in [3.8, 4) is 0 Å². The number of rotatable bonds is 4. The van der Waals surface area contributed by atoms with Crippen LogP contribution in [0.25, 0.3) is 0 Å². The predicted molar refractivity (Wildman–Crippen MR) is 87.2 cm³/mol. The van der Waals surface area contributed by atoms with E-state index in [1.54, 1.807) is 18.2 Å². The average molecular weight is 420 g/mol. The average Bonchev–Trinajstić information content (AvgIpc) is 2.37. The largest absolute Gasteiger partial charge is 0.272 e. The van der Waals surface area contributed by atoms with Crippen LogP contribution < -0.4 is 0 Å². The number of nitro groups is 1. The first-order chi connectivity index (χ1) is 9.47. The van der Waals surface area contributed by atoms with Crippen molar-refractivity contribution in [1.29, 1.82) is 0 Å². The first kappa shape index (κ1) is 15.5. The van der Waals surface area contributed by atoms with Gasteiger partial charge in [-0.15, -0.1) is 11.6 Å². The number of alkyl halides is 1. The van der Waals surface area contributed by atoms with Crippen LogP contribution >= 0.6 is 43.5 Å². The fourth-order valence-electron chi connectivity index (χ4n) is 1.93. The third-order valence-corrected chi connectivity index (χ3v) is 4.16. The lowest BCUT2D eigenvalue weighted by molar-refractivity contribution is -0.385. The summed E-state index contributed by atoms with van der Waals surface area (Å²) < 4.78 is 1.82. The summed E-state index contributed by atoms with van der Waals surface area (Å²) in [6.07, 6.45) is 0.404. The zero-order valence-electron chi connectivity index (χ0n) is 10.2. The number of para-hydroxylation sites is 1. The maximum Gasteiger partial charge on any atom is 0.272 e. The van der Waals surface area contributed by atoms with Gasteiger partial charge in [-0.05, 0) is 30.2 Å². The molecule has 0 heterocycles. The van der Waals surface area contributed by atoms with E-state index in [9.17, 15) is 10.1 Å². The van der Waals surface area contributed by atoms with Crippen LogP contribution in [0.4, 0.5) is 5.69 Å². The van der Waals surface area contributed by atoms with E-state index in [-0.39, 0.29) is 16.0 Å². The molecule has 20 heavy (non-hydrogen) atoms. The third kappa shape index (κ3) is 3.81. The normalized spacial score (nSPS) is 12.2. The van der Waals surface area contributed by atoms with Crippen LogP contribution in [0.15, 0.2) is 51.4 Å². The van der Waals surface area contributed by atoms with Gasteiger partial charge in [-0.2, -0.15) is 0 Å². The molecule has 0 amide bonds. The molecule has 0 fully saturated rings. The number of benzene rings is 2. The molecule has 2 rings (SSSR count). The maximum atomic E-state index is 11.0. The minimum Gasteiger partial charge on any atom is -0.258 e. The molecular formula is C14H10Br2ClNO2. The van der Waals surface area contributed by atoms with E-state index in [1.807, 2.05) is 18.2 Å². The van der Waals surface area contributed by atoms with Crippen molar-refractivity contribution in [3.63, 3.8) is 0 Å². The van der Waals surface area contributed by atoms with E-state index in [2.05, 4.69) is 31.9 Å². The van der Waals surface area contributed by atoms with E-state index in [0.717, 1.165) is 14.5 Å². The maximum absolute atomic E-state index is 11.0. The summed E-state index contributed by atoms with van der Waals surface area (Å²) in [7, 11) is 0. The van der Waals surface area contributed by atoms with Gasteiger partial charge in [0.2, 0.25) is 0 Å². The molecule has 6 heteroatoms. The second kappa shape index (κ2) is 6.70. The lowest BCUT2D eigenvalue weighted by Gasteiger charge is -2.11. The van der Waals surface area contributed by atoms with Gasteiger partial charge in [-0.1, -0.05) is 50.1 Å². The number of halogens is 3. The van der Waals surface area contributed by atoms with E-state index in [1.165, 1.54) is 6.07 Å². The van der Waals surface area contributed by atoms with Crippen LogP contribution in [0, 0.1) is 10.1 Å². The Morgan fingerprint density at radius 2 is 1.75 bits per heavy atom. The van der Waals surface area contributed by atoms with Crippen LogP contribution in [0.1, 0.15) is 16.5 Å². The Labute approximate surface area is 138 Å². The van der Waals surface area contributed by atoms with Crippen LogP contribution in [0.3, 0.4) is 0 Å². The zero-order chi connectivity index (χ0) is 14.7. The molecule has 2 aromatic carbocycles. The fourth-order valence-corrected chi connectivity index (χ4v) is 3.55. The minimum absolute atomic E-state index is 0.104. The van der Waals surface area contributed by atoms with E-state index in [4.69, 9.17) is 11.6 Å². The molecule has 104 valence electrons. The van der Waals surface area contributed by atoms with E-state index >= 15 is 0 Å². The van der Waals surface area contributed by atoms with Gasteiger partial charge < -0.3 is 0 Å². The van der Waals surface area contributed by atoms with Crippen molar-refractivity contribution in [2.24, 2.45) is 0 Å². The van der Waals surface area contributed by atoms with Gasteiger partial charge in [0.15, 0.2) is 0 Å². The monoisotopic (exact) mass is 417 g/mol. The SMILES string of the molecule is O=[N+]([O-])c1ccccc1CC(Cl)c1cc(Br)cc(Br)c1. The van der Waals surface area contributed by atoms with Gasteiger partial charge in [0.25, 0.3) is 5.69 Å². The molecule has 0 saturated heterocycles. The Morgan fingerprint density at radius 1 is 1.15 bits per heavy atom. The molecule has 1 unspecified atom stereocenters. The molecule has 0 N–H and O–H groups in total. The highest BCUT2D eigenvalue weighted by molar-refractivity contribution is 9.11. The van der Waals surface area contributed by atoms with Crippen molar-refractivity contribution >= 4 is 49.1 Å². The Balaban J connectivity index is 2.28. The molecule has 2 aromatic rings. The molecule has 0 aromatic heterocycles. The lowest BCUT2D eigenvalue weighted by atomic mass is 10.0. The van der Waals surface area contributed by atoms with Crippen molar-refractivity contribution in [1.82, 2.24) is 0 Å². The molecule has 0 bridgehead atoms. The topological polar surface area (TPSA) is 43.1 Å². The lowest BCUT2D eigenvalue weighted by Crippen LogP contribution is -2.00. The van der Waals surface area contributed by atoms with Crippen molar-refractivity contribution in [2.75, 3.05) is 0 Å². The molecular weight excluding hydrogens is 409 g/mol. The van der Waals surface area contributed by atoms with E-state index < -0.39 is 0 Å². The van der Waals surface area contributed by atoms with Crippen molar-refractivity contribution in [2.45, 2.75) is 11.8 Å². The highest BCUT2D eigenvalue weighted by Gasteiger charge is 2.17. The molecule has 0 aliphatic carbocycles. The van der Waals surface area contributed by atoms with Gasteiger partial charge in [0.05, 0.1) is 10.3 Å². The second-order valence-electron chi connectivity index (χ2n) is 4.26. The molecule has 0 aliphatic heterocycles. The second-order valence-corrected chi connectivity index (χ2v) is 6.62. The predicted octanol–water partition coefficient (Wildman–Crippen LogP) is 5.64. The fraction of sp³-hybridized carbons (Fsp3) is 0.143. The van der Waals surface area contributed by atoms with E-state index in [0.29, 0.717) is 12.0 Å². The summed E-state index contributed by atoms with van der Waals surface area (Å²) in [5.41, 5.74) is 1.65. The number of nitro benzene ring substituents is 1. The number of hydrogen-bond donors (Lipinski definition) is 0. The van der Waals surface area contributed by atoms with Crippen LogP contribution in [-0.2, 0) is 6.42 Å². The van der Waals surface area contributed by atoms with Crippen LogP contribution in [0.2, 0.25) is 0 Å². The molecule has 0 spiro atoms. The molecule has 0 aliphatic rings. The first-order valence-electron chi connectivity index (χ1n) is 5.79. The molecule has 0 radical (unpaired) electrons. The first-order valence-corrected chi connectivity index (χ1v) is 7.82. The van der Waals surface area contributed by atoms with Gasteiger partial charge in [-0.3, -0.25) is 10.1 Å². The van der Waals surface area contributed by atoms with Crippen LogP contribution in [-0.4, -0.2) is 4.92 Å². The van der Waals surface area contributed by atoms with Gasteiger partial charge in [0.1, 0.15) is 0 Å². The molecule has 0 saturated carbocycles. The smallest absolute Gasteiger partial charge is 0.258 e. The summed E-state index contributed by atoms with van der Waals surface area (Å²) in [6, 6.07) is 12.4. The Morgan fingerprint density at radius 3 is 2.35 bits per heavy atom. The highest BCUT2D eigenvalue weighted by Crippen LogP contribution is 2.32. The van der Waals surface area contributed by atoms with Crippen molar-refractivity contribution < 1.29 is 4.92 Å². The summed E-state index contributed by atoms with van der Waals surface area (Å²) in [5, 5.41) is 10.7. The molecule has 3 nitrogen and oxygen atoms in total. The Bertz CT molecular complexity index is 629. The van der Waals surface area contributed by atoms with Gasteiger partial charge >= 0.3 is 0 Å². The summed E-state index contributed by atoms with van der Waals surface area (Å²) in [5.74, 6) is 0. The Hall–Kier alpha value is -0.910. The van der Waals surface area contributed by atoms with Crippen molar-refractivity contribution in [3.05, 3.63) is 72.7 Å². The van der Waals surface area contributed by atoms with Gasteiger partial charge in [0, 0.05) is 20.6 Å². The number of hydrogen-bond acceptors (Lipinski definition) is 2. The summed E-state index contributed by atoms with van der Waals surface area (Å²) in [6.45, 7) is 0. The summed E-state index contributed by atoms with van der Waals surface area (Å²) >= 11 is 13.2. The zero-order valence-corrected chi connectivity index (χ0v) is 14.2. The standard InChI is InChI=1S/C14H10Br2ClNO2/c15-11-5-10(6-12(16)8-11)13(17)7-9-3-1-2-4-14(9)18(19)20/h1-6,8,13H,7H2. The van der Waals surface area contributed by atoms with Gasteiger partial charge in [-0.25, -0.2) is 0 Å². The minimum atomic E-state index is -0.379. The van der Waals surface area contributed by atoms with Crippen LogP contribution in [0.5, 0.6) is 0 Å². The Kier molecular flexibility index (Phi) is 5.18. The quantitative estimate of drug-likeness (QED) is 0.366. The third-order valence-electron chi connectivity index (χ3n) is 2.83.